The highest BCUT2D eigenvalue weighted by atomic mass is 16.2. The first kappa shape index (κ1) is 16.7. The lowest BCUT2D eigenvalue weighted by Gasteiger charge is -2.17. The SMILES string of the molecule is CC(C)(C)C(=O)NCCNc1ccc(Nc2ccccn2)nn1. The molecule has 0 aliphatic carbocycles. The van der Waals surface area contributed by atoms with Crippen LogP contribution < -0.4 is 16.0 Å². The molecule has 2 aromatic rings. The van der Waals surface area contributed by atoms with Crippen LogP contribution in [0.3, 0.4) is 0 Å². The molecule has 0 saturated carbocycles. The van der Waals surface area contributed by atoms with Crippen molar-refractivity contribution in [3.8, 4) is 0 Å². The number of aromatic nitrogens is 3. The van der Waals surface area contributed by atoms with Crippen molar-refractivity contribution in [2.24, 2.45) is 5.41 Å². The number of nitrogens with zero attached hydrogens (tertiary/aromatic N) is 3. The summed E-state index contributed by atoms with van der Waals surface area (Å²) in [5, 5.41) is 17.2. The highest BCUT2D eigenvalue weighted by molar-refractivity contribution is 5.81. The van der Waals surface area contributed by atoms with Gasteiger partial charge in [-0.2, -0.15) is 0 Å². The van der Waals surface area contributed by atoms with E-state index in [1.54, 1.807) is 6.20 Å². The van der Waals surface area contributed by atoms with Gasteiger partial charge in [0.1, 0.15) is 11.6 Å². The molecule has 2 rings (SSSR count). The molecule has 7 nitrogen and oxygen atoms in total. The van der Waals surface area contributed by atoms with Crippen LogP contribution in [0, 0.1) is 5.41 Å². The van der Waals surface area contributed by atoms with Crippen LogP contribution in [0.25, 0.3) is 0 Å². The van der Waals surface area contributed by atoms with E-state index in [0.29, 0.717) is 30.5 Å². The minimum absolute atomic E-state index is 0.0280. The molecule has 0 unspecified atom stereocenters. The summed E-state index contributed by atoms with van der Waals surface area (Å²) in [5.41, 5.74) is -0.376. The van der Waals surface area contributed by atoms with E-state index in [4.69, 9.17) is 0 Å². The maximum absolute atomic E-state index is 11.7. The van der Waals surface area contributed by atoms with Gasteiger partial charge in [-0.1, -0.05) is 26.8 Å². The normalized spacial score (nSPS) is 10.9. The molecule has 23 heavy (non-hydrogen) atoms. The van der Waals surface area contributed by atoms with Gasteiger partial charge in [-0.15, -0.1) is 10.2 Å². The van der Waals surface area contributed by atoms with E-state index in [0.717, 1.165) is 0 Å². The van der Waals surface area contributed by atoms with Crippen molar-refractivity contribution in [1.82, 2.24) is 20.5 Å². The number of rotatable bonds is 6. The van der Waals surface area contributed by atoms with Crippen LogP contribution in [-0.2, 0) is 4.79 Å². The largest absolute Gasteiger partial charge is 0.367 e. The Morgan fingerprint density at radius 3 is 2.35 bits per heavy atom. The van der Waals surface area contributed by atoms with Gasteiger partial charge in [-0.3, -0.25) is 4.79 Å². The molecule has 1 amide bonds. The monoisotopic (exact) mass is 314 g/mol. The lowest BCUT2D eigenvalue weighted by molar-refractivity contribution is -0.128. The smallest absolute Gasteiger partial charge is 0.225 e. The van der Waals surface area contributed by atoms with Crippen molar-refractivity contribution >= 4 is 23.4 Å². The minimum atomic E-state index is -0.376. The van der Waals surface area contributed by atoms with Crippen molar-refractivity contribution in [3.05, 3.63) is 36.5 Å². The molecule has 0 spiro atoms. The Balaban J connectivity index is 1.76. The maximum atomic E-state index is 11.7. The Labute approximate surface area is 135 Å². The third-order valence-corrected chi connectivity index (χ3v) is 2.98. The molecule has 0 fully saturated rings. The lowest BCUT2D eigenvalue weighted by atomic mass is 9.96. The first-order valence-electron chi connectivity index (χ1n) is 7.49. The van der Waals surface area contributed by atoms with Crippen molar-refractivity contribution in [3.63, 3.8) is 0 Å². The molecule has 0 aromatic carbocycles. The quantitative estimate of drug-likeness (QED) is 0.708. The van der Waals surface area contributed by atoms with Gasteiger partial charge in [0.05, 0.1) is 0 Å². The highest BCUT2D eigenvalue weighted by Crippen LogP contribution is 2.12. The second-order valence-corrected chi connectivity index (χ2v) is 6.08. The van der Waals surface area contributed by atoms with E-state index in [1.165, 1.54) is 0 Å². The molecule has 0 saturated heterocycles. The first-order chi connectivity index (χ1) is 10.9. The summed E-state index contributed by atoms with van der Waals surface area (Å²) in [7, 11) is 0. The Bertz CT molecular complexity index is 621. The summed E-state index contributed by atoms with van der Waals surface area (Å²) in [4.78, 5) is 15.9. The topological polar surface area (TPSA) is 91.8 Å². The second-order valence-electron chi connectivity index (χ2n) is 6.08. The fourth-order valence-electron chi connectivity index (χ4n) is 1.69. The predicted molar refractivity (Wildman–Crippen MR) is 90.5 cm³/mol. The Hall–Kier alpha value is -2.70. The van der Waals surface area contributed by atoms with Crippen LogP contribution in [0.15, 0.2) is 36.5 Å². The van der Waals surface area contributed by atoms with Crippen molar-refractivity contribution in [1.29, 1.82) is 0 Å². The Morgan fingerprint density at radius 2 is 1.74 bits per heavy atom. The molecular formula is C16H22N6O. The zero-order chi connectivity index (χ0) is 16.7. The number of carbonyl (C=O) groups is 1. The number of hydrogen-bond donors (Lipinski definition) is 3. The standard InChI is InChI=1S/C16H22N6O/c1-16(2,3)15(23)19-11-10-18-13-7-8-14(22-21-13)20-12-6-4-5-9-17-12/h4-9H,10-11H2,1-3H3,(H,18,21)(H,19,23)(H,17,20,22). The summed E-state index contributed by atoms with van der Waals surface area (Å²) in [6.07, 6.45) is 1.71. The van der Waals surface area contributed by atoms with Crippen molar-refractivity contribution in [2.45, 2.75) is 20.8 Å². The Kier molecular flexibility index (Phi) is 5.46. The molecule has 7 heteroatoms. The third-order valence-electron chi connectivity index (χ3n) is 2.98. The molecule has 0 atom stereocenters. The van der Waals surface area contributed by atoms with Gasteiger partial charge < -0.3 is 16.0 Å². The number of pyridine rings is 1. The van der Waals surface area contributed by atoms with Gasteiger partial charge in [-0.25, -0.2) is 4.98 Å². The number of anilines is 3. The molecule has 0 radical (unpaired) electrons. The van der Waals surface area contributed by atoms with Crippen molar-refractivity contribution in [2.75, 3.05) is 23.7 Å². The predicted octanol–water partition coefficient (Wildman–Crippen LogP) is 2.19. The van der Waals surface area contributed by atoms with Gasteiger partial charge in [0, 0.05) is 24.7 Å². The molecular weight excluding hydrogens is 292 g/mol. The summed E-state index contributed by atoms with van der Waals surface area (Å²) in [6, 6.07) is 9.24. The van der Waals surface area contributed by atoms with E-state index in [1.807, 2.05) is 51.1 Å². The maximum Gasteiger partial charge on any atom is 0.225 e. The third kappa shape index (κ3) is 5.54. The number of carbonyl (C=O) groups excluding carboxylic acids is 1. The van der Waals surface area contributed by atoms with Crippen LogP contribution in [-0.4, -0.2) is 34.2 Å². The molecule has 0 aliphatic rings. The van der Waals surface area contributed by atoms with Gasteiger partial charge in [0.15, 0.2) is 5.82 Å². The van der Waals surface area contributed by atoms with E-state index in [2.05, 4.69) is 31.1 Å². The fourth-order valence-corrected chi connectivity index (χ4v) is 1.69. The average Bonchev–Trinajstić information content (AvgIpc) is 2.53. The van der Waals surface area contributed by atoms with E-state index < -0.39 is 0 Å². The zero-order valence-corrected chi connectivity index (χ0v) is 13.6. The fraction of sp³-hybridized carbons (Fsp3) is 0.375. The first-order valence-corrected chi connectivity index (χ1v) is 7.49. The van der Waals surface area contributed by atoms with E-state index in [-0.39, 0.29) is 11.3 Å². The van der Waals surface area contributed by atoms with E-state index in [9.17, 15) is 4.79 Å². The summed E-state index contributed by atoms with van der Waals surface area (Å²) in [5.74, 6) is 2.02. The molecule has 0 bridgehead atoms. The molecule has 0 aliphatic heterocycles. The molecule has 122 valence electrons. The van der Waals surface area contributed by atoms with E-state index >= 15 is 0 Å². The van der Waals surface area contributed by atoms with Gasteiger partial charge in [-0.05, 0) is 24.3 Å². The number of hydrogen-bond acceptors (Lipinski definition) is 6. The second kappa shape index (κ2) is 7.53. The molecule has 2 aromatic heterocycles. The van der Waals surface area contributed by atoms with Crippen molar-refractivity contribution < 1.29 is 4.79 Å². The van der Waals surface area contributed by atoms with Crippen LogP contribution in [0.4, 0.5) is 17.5 Å². The Morgan fingerprint density at radius 1 is 1.00 bits per heavy atom. The summed E-state index contributed by atoms with van der Waals surface area (Å²) in [6.45, 7) is 6.77. The summed E-state index contributed by atoms with van der Waals surface area (Å²) < 4.78 is 0. The lowest BCUT2D eigenvalue weighted by Crippen LogP contribution is -2.37. The average molecular weight is 314 g/mol. The number of nitrogens with one attached hydrogen (secondary N) is 3. The highest BCUT2D eigenvalue weighted by Gasteiger charge is 2.20. The van der Waals surface area contributed by atoms with Gasteiger partial charge in [0.25, 0.3) is 0 Å². The van der Waals surface area contributed by atoms with Crippen LogP contribution in [0.2, 0.25) is 0 Å². The number of amides is 1. The zero-order valence-electron chi connectivity index (χ0n) is 13.6. The molecule has 2 heterocycles. The van der Waals surface area contributed by atoms with Crippen LogP contribution in [0.1, 0.15) is 20.8 Å². The minimum Gasteiger partial charge on any atom is -0.367 e. The summed E-state index contributed by atoms with van der Waals surface area (Å²) >= 11 is 0. The van der Waals surface area contributed by atoms with Crippen LogP contribution >= 0.6 is 0 Å². The molecule has 3 N–H and O–H groups in total. The van der Waals surface area contributed by atoms with Gasteiger partial charge >= 0.3 is 0 Å². The van der Waals surface area contributed by atoms with Gasteiger partial charge in [0.2, 0.25) is 5.91 Å². The van der Waals surface area contributed by atoms with Crippen LogP contribution in [0.5, 0.6) is 0 Å².